The number of likely N-dealkylation sites (tertiary alicyclic amines) is 1. The van der Waals surface area contributed by atoms with Crippen molar-refractivity contribution in [3.8, 4) is 0 Å². The Labute approximate surface area is 91.5 Å². The minimum absolute atomic E-state index is 0.0629. The zero-order valence-electron chi connectivity index (χ0n) is 9.54. The molecule has 0 radical (unpaired) electrons. The number of rotatable bonds is 2. The monoisotopic (exact) mass is 211 g/mol. The van der Waals surface area contributed by atoms with Crippen LogP contribution >= 0.6 is 0 Å². The van der Waals surface area contributed by atoms with E-state index >= 15 is 0 Å². The fourth-order valence-electron chi connectivity index (χ4n) is 2.53. The van der Waals surface area contributed by atoms with Gasteiger partial charge in [0.2, 0.25) is 0 Å². The van der Waals surface area contributed by atoms with Crippen LogP contribution < -0.4 is 5.73 Å². The molecule has 1 fully saturated rings. The Morgan fingerprint density at radius 3 is 3.00 bits per heavy atom. The molecule has 2 N–H and O–H groups in total. The van der Waals surface area contributed by atoms with E-state index in [1.54, 1.807) is 0 Å². The fraction of sp³-hybridized carbons (Fsp3) is 0.909. The molecular formula is C11H21N3O. The smallest absolute Gasteiger partial charge is 0.282 e. The third kappa shape index (κ3) is 2.43. The van der Waals surface area contributed by atoms with Crippen LogP contribution in [0.25, 0.3) is 0 Å². The van der Waals surface area contributed by atoms with Gasteiger partial charge < -0.3 is 15.4 Å². The van der Waals surface area contributed by atoms with Gasteiger partial charge in [0.15, 0.2) is 0 Å². The van der Waals surface area contributed by atoms with Crippen LogP contribution in [0.4, 0.5) is 0 Å². The van der Waals surface area contributed by atoms with Gasteiger partial charge in [-0.25, -0.2) is 4.99 Å². The third-order valence-electron chi connectivity index (χ3n) is 3.37. The molecule has 1 atom stereocenters. The molecule has 15 heavy (non-hydrogen) atoms. The molecule has 2 rings (SSSR count). The van der Waals surface area contributed by atoms with E-state index in [1.165, 1.54) is 25.9 Å². The Morgan fingerprint density at radius 2 is 2.33 bits per heavy atom. The zero-order chi connectivity index (χ0) is 10.7. The number of hydrogen-bond acceptors (Lipinski definition) is 4. The summed E-state index contributed by atoms with van der Waals surface area (Å²) in [5, 5.41) is 0. The number of amidine groups is 1. The standard InChI is InChI=1S/C11H21N3O/c1-2-6-14-7-3-4-11(5-8-14)9-13-10(12)15-11/h2-9H2,1H3,(H2,12,13). The molecule has 4 nitrogen and oxygen atoms in total. The average molecular weight is 211 g/mol. The van der Waals surface area contributed by atoms with Crippen molar-refractivity contribution in [2.24, 2.45) is 10.7 Å². The largest absolute Gasteiger partial charge is 0.457 e. The molecule has 0 aromatic carbocycles. The summed E-state index contributed by atoms with van der Waals surface area (Å²) < 4.78 is 5.70. The molecular weight excluding hydrogens is 190 g/mol. The van der Waals surface area contributed by atoms with Crippen molar-refractivity contribution in [3.63, 3.8) is 0 Å². The van der Waals surface area contributed by atoms with Gasteiger partial charge in [-0.2, -0.15) is 0 Å². The Balaban J connectivity index is 1.90. The summed E-state index contributed by atoms with van der Waals surface area (Å²) in [5.41, 5.74) is 5.54. The normalized spacial score (nSPS) is 32.5. The van der Waals surface area contributed by atoms with Gasteiger partial charge in [0.25, 0.3) is 6.02 Å². The zero-order valence-corrected chi connectivity index (χ0v) is 9.54. The Hall–Kier alpha value is -0.770. The Bertz CT molecular complexity index is 254. The quantitative estimate of drug-likeness (QED) is 0.740. The fourth-order valence-corrected chi connectivity index (χ4v) is 2.53. The lowest BCUT2D eigenvalue weighted by Crippen LogP contribution is -2.36. The van der Waals surface area contributed by atoms with Gasteiger partial charge in [0.05, 0.1) is 6.54 Å². The van der Waals surface area contributed by atoms with E-state index in [-0.39, 0.29) is 5.60 Å². The van der Waals surface area contributed by atoms with Crippen LogP contribution in [0.5, 0.6) is 0 Å². The maximum absolute atomic E-state index is 5.70. The second-order valence-electron chi connectivity index (χ2n) is 4.63. The molecule has 2 aliphatic rings. The van der Waals surface area contributed by atoms with Crippen molar-refractivity contribution < 1.29 is 4.74 Å². The molecule has 4 heteroatoms. The lowest BCUT2D eigenvalue weighted by molar-refractivity contribution is 0.0689. The van der Waals surface area contributed by atoms with Crippen LogP contribution in [0.2, 0.25) is 0 Å². The van der Waals surface area contributed by atoms with Gasteiger partial charge in [-0.3, -0.25) is 0 Å². The molecule has 1 unspecified atom stereocenters. The van der Waals surface area contributed by atoms with Crippen LogP contribution in [0.3, 0.4) is 0 Å². The van der Waals surface area contributed by atoms with Crippen molar-refractivity contribution >= 4 is 6.02 Å². The van der Waals surface area contributed by atoms with Crippen LogP contribution in [0.1, 0.15) is 32.6 Å². The SMILES string of the molecule is CCCN1CCCC2(CC1)CN=C(N)O2. The number of aliphatic imine (C=N–C) groups is 1. The summed E-state index contributed by atoms with van der Waals surface area (Å²) >= 11 is 0. The van der Waals surface area contributed by atoms with E-state index in [9.17, 15) is 0 Å². The van der Waals surface area contributed by atoms with E-state index in [4.69, 9.17) is 10.5 Å². The van der Waals surface area contributed by atoms with E-state index in [0.717, 1.165) is 25.9 Å². The summed E-state index contributed by atoms with van der Waals surface area (Å²) in [4.78, 5) is 6.70. The van der Waals surface area contributed by atoms with Crippen molar-refractivity contribution in [1.82, 2.24) is 4.90 Å². The summed E-state index contributed by atoms with van der Waals surface area (Å²) in [7, 11) is 0. The highest BCUT2D eigenvalue weighted by Gasteiger charge is 2.38. The molecule has 2 heterocycles. The first-order valence-electron chi connectivity index (χ1n) is 5.95. The predicted molar refractivity (Wildman–Crippen MR) is 60.9 cm³/mol. The second kappa shape index (κ2) is 4.39. The average Bonchev–Trinajstić information content (AvgIpc) is 2.45. The molecule has 0 saturated carbocycles. The number of hydrogen-bond donors (Lipinski definition) is 1. The van der Waals surface area contributed by atoms with Gasteiger partial charge in [-0.1, -0.05) is 6.92 Å². The van der Waals surface area contributed by atoms with Crippen molar-refractivity contribution in [2.45, 2.75) is 38.2 Å². The van der Waals surface area contributed by atoms with Gasteiger partial charge >= 0.3 is 0 Å². The van der Waals surface area contributed by atoms with E-state index in [1.807, 2.05) is 0 Å². The maximum Gasteiger partial charge on any atom is 0.282 e. The van der Waals surface area contributed by atoms with Crippen LogP contribution in [0.15, 0.2) is 4.99 Å². The molecule has 0 aromatic heterocycles. The first kappa shape index (κ1) is 10.7. The van der Waals surface area contributed by atoms with E-state index < -0.39 is 0 Å². The molecule has 0 aromatic rings. The summed E-state index contributed by atoms with van der Waals surface area (Å²) in [6.07, 6.45) is 4.59. The van der Waals surface area contributed by atoms with Gasteiger partial charge in [0, 0.05) is 13.0 Å². The van der Waals surface area contributed by atoms with Gasteiger partial charge in [-0.05, 0) is 32.4 Å². The highest BCUT2D eigenvalue weighted by molar-refractivity contribution is 5.73. The molecule has 0 aliphatic carbocycles. The first-order chi connectivity index (χ1) is 7.24. The Kier molecular flexibility index (Phi) is 3.14. The highest BCUT2D eigenvalue weighted by Crippen LogP contribution is 2.30. The molecule has 1 spiro atoms. The van der Waals surface area contributed by atoms with Crippen molar-refractivity contribution in [3.05, 3.63) is 0 Å². The summed E-state index contributed by atoms with van der Waals surface area (Å²) in [6, 6.07) is 0.388. The van der Waals surface area contributed by atoms with Gasteiger partial charge in [0.1, 0.15) is 5.60 Å². The minimum Gasteiger partial charge on any atom is -0.457 e. The van der Waals surface area contributed by atoms with Gasteiger partial charge in [-0.15, -0.1) is 0 Å². The Morgan fingerprint density at radius 1 is 1.47 bits per heavy atom. The lowest BCUT2D eigenvalue weighted by Gasteiger charge is -2.26. The molecule has 0 amide bonds. The van der Waals surface area contributed by atoms with Crippen LogP contribution in [0, 0.1) is 0 Å². The molecule has 0 bridgehead atoms. The molecule has 1 saturated heterocycles. The number of nitrogens with two attached hydrogens (primary N) is 1. The predicted octanol–water partition coefficient (Wildman–Crippen LogP) is 0.966. The van der Waals surface area contributed by atoms with Crippen molar-refractivity contribution in [2.75, 3.05) is 26.2 Å². The topological polar surface area (TPSA) is 50.8 Å². The second-order valence-corrected chi connectivity index (χ2v) is 4.63. The first-order valence-corrected chi connectivity index (χ1v) is 5.95. The number of ether oxygens (including phenoxy) is 1. The van der Waals surface area contributed by atoms with Crippen LogP contribution in [-0.2, 0) is 4.74 Å². The summed E-state index contributed by atoms with van der Waals surface area (Å²) in [5.74, 6) is 0. The summed E-state index contributed by atoms with van der Waals surface area (Å²) in [6.45, 7) is 6.51. The third-order valence-corrected chi connectivity index (χ3v) is 3.37. The van der Waals surface area contributed by atoms with E-state index in [2.05, 4.69) is 16.8 Å². The lowest BCUT2D eigenvalue weighted by atomic mass is 9.95. The number of nitrogens with zero attached hydrogens (tertiary/aromatic N) is 2. The molecule has 2 aliphatic heterocycles. The van der Waals surface area contributed by atoms with Crippen LogP contribution in [-0.4, -0.2) is 42.7 Å². The minimum atomic E-state index is -0.0629. The van der Waals surface area contributed by atoms with E-state index in [0.29, 0.717) is 6.02 Å². The highest BCUT2D eigenvalue weighted by atomic mass is 16.5. The maximum atomic E-state index is 5.70. The van der Waals surface area contributed by atoms with Crippen molar-refractivity contribution in [1.29, 1.82) is 0 Å². The molecule has 86 valence electrons.